The predicted molar refractivity (Wildman–Crippen MR) is 76.9 cm³/mol. The number of urea groups is 1. The van der Waals surface area contributed by atoms with Crippen LogP contribution in [-0.2, 0) is 4.74 Å². The Morgan fingerprint density at radius 3 is 2.71 bits per heavy atom. The molecule has 2 bridgehead atoms. The Balaban J connectivity index is 1.60. The van der Waals surface area contributed by atoms with Crippen molar-refractivity contribution in [1.82, 2.24) is 5.32 Å². The van der Waals surface area contributed by atoms with Gasteiger partial charge in [0.2, 0.25) is 0 Å². The van der Waals surface area contributed by atoms with Crippen LogP contribution in [0.4, 0.5) is 10.5 Å². The van der Waals surface area contributed by atoms with E-state index in [-0.39, 0.29) is 34.9 Å². The van der Waals surface area contributed by atoms with Gasteiger partial charge in [-0.3, -0.25) is 0 Å². The molecule has 1 aromatic rings. The average Bonchev–Trinajstić information content (AvgIpc) is 3.00. The van der Waals surface area contributed by atoms with E-state index >= 15 is 0 Å². The Hall–Kier alpha value is -1.79. The van der Waals surface area contributed by atoms with Gasteiger partial charge < -0.3 is 20.5 Å². The minimum absolute atomic E-state index is 0.00382. The number of ether oxygens (including phenoxy) is 1. The zero-order chi connectivity index (χ0) is 15.0. The number of aromatic carboxylic acids is 1. The summed E-state index contributed by atoms with van der Waals surface area (Å²) >= 11 is 5.86. The van der Waals surface area contributed by atoms with E-state index in [9.17, 15) is 9.59 Å². The van der Waals surface area contributed by atoms with Gasteiger partial charge in [0, 0.05) is 5.69 Å². The third-order valence-electron chi connectivity index (χ3n) is 3.88. The van der Waals surface area contributed by atoms with Crippen LogP contribution in [0.25, 0.3) is 0 Å². The van der Waals surface area contributed by atoms with Crippen molar-refractivity contribution in [2.24, 2.45) is 0 Å². The van der Waals surface area contributed by atoms with E-state index in [1.165, 1.54) is 18.2 Å². The van der Waals surface area contributed by atoms with E-state index in [0.717, 1.165) is 19.3 Å². The van der Waals surface area contributed by atoms with Gasteiger partial charge in [-0.05, 0) is 37.5 Å². The van der Waals surface area contributed by atoms with Crippen molar-refractivity contribution in [2.75, 3.05) is 5.32 Å². The molecule has 21 heavy (non-hydrogen) atoms. The van der Waals surface area contributed by atoms with Crippen molar-refractivity contribution < 1.29 is 19.4 Å². The second kappa shape index (κ2) is 5.54. The van der Waals surface area contributed by atoms with Crippen molar-refractivity contribution >= 4 is 29.3 Å². The summed E-state index contributed by atoms with van der Waals surface area (Å²) in [5, 5.41) is 14.5. The van der Waals surface area contributed by atoms with Gasteiger partial charge in [0.05, 0.1) is 28.8 Å². The van der Waals surface area contributed by atoms with Crippen molar-refractivity contribution in [3.63, 3.8) is 0 Å². The number of carboxylic acid groups (broad SMARTS) is 1. The maximum atomic E-state index is 11.9. The van der Waals surface area contributed by atoms with E-state index in [0.29, 0.717) is 5.69 Å². The Morgan fingerprint density at radius 1 is 1.33 bits per heavy atom. The number of benzene rings is 1. The number of nitrogens with one attached hydrogen (secondary N) is 2. The monoisotopic (exact) mass is 310 g/mol. The number of carbonyl (C=O) groups excluding carboxylic acids is 1. The highest BCUT2D eigenvalue weighted by Gasteiger charge is 2.41. The average molecular weight is 311 g/mol. The number of hydrogen-bond acceptors (Lipinski definition) is 3. The van der Waals surface area contributed by atoms with Gasteiger partial charge in [-0.15, -0.1) is 0 Å². The number of amides is 2. The van der Waals surface area contributed by atoms with Crippen LogP contribution in [0.2, 0.25) is 5.02 Å². The van der Waals surface area contributed by atoms with E-state index in [2.05, 4.69) is 10.6 Å². The fraction of sp³-hybridized carbons (Fsp3) is 0.429. The highest BCUT2D eigenvalue weighted by atomic mass is 35.5. The molecule has 0 aromatic heterocycles. The molecule has 3 N–H and O–H groups in total. The molecule has 2 saturated heterocycles. The van der Waals surface area contributed by atoms with Gasteiger partial charge in [0.15, 0.2) is 0 Å². The molecule has 2 aliphatic rings. The molecule has 6 nitrogen and oxygen atoms in total. The summed E-state index contributed by atoms with van der Waals surface area (Å²) in [6.07, 6.45) is 3.27. The fourth-order valence-corrected chi connectivity index (χ4v) is 3.15. The van der Waals surface area contributed by atoms with Gasteiger partial charge in [-0.1, -0.05) is 11.6 Å². The SMILES string of the molecule is O=C(Nc1ccc(C(=O)O)c(Cl)c1)NC1CC2CCC1O2. The molecule has 112 valence electrons. The fourth-order valence-electron chi connectivity index (χ4n) is 2.89. The number of rotatable bonds is 3. The lowest BCUT2D eigenvalue weighted by atomic mass is 9.96. The zero-order valence-electron chi connectivity index (χ0n) is 11.1. The number of carbonyl (C=O) groups is 2. The number of carboxylic acids is 1. The number of hydrogen-bond donors (Lipinski definition) is 3. The van der Waals surface area contributed by atoms with E-state index in [4.69, 9.17) is 21.4 Å². The van der Waals surface area contributed by atoms with E-state index in [1.807, 2.05) is 0 Å². The van der Waals surface area contributed by atoms with Crippen LogP contribution in [0.15, 0.2) is 18.2 Å². The molecule has 3 atom stereocenters. The lowest BCUT2D eigenvalue weighted by Gasteiger charge is -2.20. The second-order valence-corrected chi connectivity index (χ2v) is 5.72. The lowest BCUT2D eigenvalue weighted by molar-refractivity contribution is 0.0697. The number of halogens is 1. The molecule has 2 amide bonds. The minimum atomic E-state index is -1.10. The van der Waals surface area contributed by atoms with Crippen LogP contribution >= 0.6 is 11.6 Å². The summed E-state index contributed by atoms with van der Waals surface area (Å²) in [5.74, 6) is -1.10. The van der Waals surface area contributed by atoms with Crippen LogP contribution in [0, 0.1) is 0 Å². The Bertz CT molecular complexity index is 592. The van der Waals surface area contributed by atoms with Crippen molar-refractivity contribution in [3.05, 3.63) is 28.8 Å². The first-order chi connectivity index (χ1) is 10.0. The molecule has 3 rings (SSSR count). The van der Waals surface area contributed by atoms with Crippen molar-refractivity contribution in [3.8, 4) is 0 Å². The Labute approximate surface area is 126 Å². The summed E-state index contributed by atoms with van der Waals surface area (Å²) in [6.45, 7) is 0. The minimum Gasteiger partial charge on any atom is -0.478 e. The molecule has 0 saturated carbocycles. The summed E-state index contributed by atoms with van der Waals surface area (Å²) in [6, 6.07) is 3.99. The molecule has 1 aromatic carbocycles. The smallest absolute Gasteiger partial charge is 0.337 e. The van der Waals surface area contributed by atoms with Crippen molar-refractivity contribution in [2.45, 2.75) is 37.5 Å². The number of fused-ring (bicyclic) bond motifs is 2. The molecule has 0 aliphatic carbocycles. The normalized spacial score (nSPS) is 26.6. The zero-order valence-corrected chi connectivity index (χ0v) is 11.9. The van der Waals surface area contributed by atoms with Gasteiger partial charge in [-0.25, -0.2) is 9.59 Å². The summed E-state index contributed by atoms with van der Waals surface area (Å²) in [4.78, 5) is 22.8. The summed E-state index contributed by atoms with van der Waals surface area (Å²) in [7, 11) is 0. The quantitative estimate of drug-likeness (QED) is 0.800. The third-order valence-corrected chi connectivity index (χ3v) is 4.19. The maximum absolute atomic E-state index is 11.9. The molecular weight excluding hydrogens is 296 g/mol. The molecule has 0 spiro atoms. The standard InChI is InChI=1S/C14H15ClN2O4/c15-10-5-7(1-3-9(10)13(18)19)16-14(20)17-11-6-8-2-4-12(11)21-8/h1,3,5,8,11-12H,2,4,6H2,(H,18,19)(H2,16,17,20). The summed E-state index contributed by atoms with van der Waals surface area (Å²) < 4.78 is 5.67. The van der Waals surface area contributed by atoms with E-state index < -0.39 is 5.97 Å². The van der Waals surface area contributed by atoms with Crippen LogP contribution in [0.3, 0.4) is 0 Å². The van der Waals surface area contributed by atoms with Gasteiger partial charge in [0.25, 0.3) is 0 Å². The van der Waals surface area contributed by atoms with Crippen molar-refractivity contribution in [1.29, 1.82) is 0 Å². The van der Waals surface area contributed by atoms with Crippen LogP contribution in [0.1, 0.15) is 29.6 Å². The van der Waals surface area contributed by atoms with Gasteiger partial charge in [-0.2, -0.15) is 0 Å². The summed E-state index contributed by atoms with van der Waals surface area (Å²) in [5.41, 5.74) is 0.454. The highest BCUT2D eigenvalue weighted by Crippen LogP contribution is 2.34. The van der Waals surface area contributed by atoms with Crippen LogP contribution < -0.4 is 10.6 Å². The molecule has 0 radical (unpaired) electrons. The number of anilines is 1. The molecular formula is C14H15ClN2O4. The van der Waals surface area contributed by atoms with Gasteiger partial charge >= 0.3 is 12.0 Å². The van der Waals surface area contributed by atoms with Gasteiger partial charge in [0.1, 0.15) is 0 Å². The topological polar surface area (TPSA) is 87.7 Å². The molecule has 2 aliphatic heterocycles. The second-order valence-electron chi connectivity index (χ2n) is 5.31. The third kappa shape index (κ3) is 2.96. The maximum Gasteiger partial charge on any atom is 0.337 e. The molecule has 2 fully saturated rings. The Kier molecular flexibility index (Phi) is 3.73. The molecule has 3 unspecified atom stereocenters. The van der Waals surface area contributed by atoms with Crippen LogP contribution in [0.5, 0.6) is 0 Å². The first-order valence-electron chi connectivity index (χ1n) is 6.79. The predicted octanol–water partition coefficient (Wildman–Crippen LogP) is 2.48. The first kappa shape index (κ1) is 14.2. The molecule has 2 heterocycles. The first-order valence-corrected chi connectivity index (χ1v) is 7.16. The largest absolute Gasteiger partial charge is 0.478 e. The Morgan fingerprint density at radius 2 is 2.14 bits per heavy atom. The molecule has 7 heteroatoms. The van der Waals surface area contributed by atoms with E-state index in [1.54, 1.807) is 0 Å². The highest BCUT2D eigenvalue weighted by molar-refractivity contribution is 6.33. The lowest BCUT2D eigenvalue weighted by Crippen LogP contribution is -2.43. The van der Waals surface area contributed by atoms with Crippen LogP contribution in [-0.4, -0.2) is 35.4 Å².